The quantitative estimate of drug-likeness (QED) is 0.456. The number of halogens is 2. The van der Waals surface area contributed by atoms with Gasteiger partial charge in [0.25, 0.3) is 0 Å². The molecule has 3 aliphatic rings. The van der Waals surface area contributed by atoms with Crippen LogP contribution in [0.2, 0.25) is 0 Å². The minimum absolute atomic E-state index is 0. The van der Waals surface area contributed by atoms with Gasteiger partial charge in [-0.05, 0) is 43.7 Å². The Morgan fingerprint density at radius 1 is 0.808 bits per heavy atom. The molecule has 1 aliphatic heterocycles. The Bertz CT molecular complexity index is 840. The fourth-order valence-corrected chi connectivity index (χ4v) is 3.43. The Morgan fingerprint density at radius 2 is 1.54 bits per heavy atom. The Labute approximate surface area is 183 Å². The molecule has 4 rings (SSSR count). The predicted octanol–water partition coefficient (Wildman–Crippen LogP) is 6.57. The summed E-state index contributed by atoms with van der Waals surface area (Å²) in [5, 5.41) is 0. The number of rotatable bonds is 1. The van der Waals surface area contributed by atoms with Crippen molar-refractivity contribution in [3.63, 3.8) is 0 Å². The first-order chi connectivity index (χ1) is 11.6. The van der Waals surface area contributed by atoms with E-state index in [1.54, 1.807) is 0 Å². The molecule has 0 radical (unpaired) electrons. The molecule has 0 spiro atoms. The van der Waals surface area contributed by atoms with Gasteiger partial charge in [-0.3, -0.25) is 0 Å². The van der Waals surface area contributed by atoms with Crippen molar-refractivity contribution in [2.24, 2.45) is 0 Å². The first kappa shape index (κ1) is 22.7. The van der Waals surface area contributed by atoms with Crippen LogP contribution in [0, 0.1) is 0 Å². The number of allylic oxidation sites excluding steroid dienone is 13. The molecule has 0 saturated carbocycles. The predicted molar refractivity (Wildman–Crippen MR) is 113 cm³/mol. The summed E-state index contributed by atoms with van der Waals surface area (Å²) < 4.78 is 1.47. The number of nitrogens with zero attached hydrogens (tertiary/aromatic N) is 1. The molecule has 0 saturated heterocycles. The maximum atomic E-state index is 2.20. The molecular formula is C22H22Cl2NZr. The molecule has 1 aromatic rings. The van der Waals surface area contributed by atoms with Crippen LogP contribution < -0.4 is 4.90 Å². The van der Waals surface area contributed by atoms with Crippen LogP contribution >= 0.6 is 24.8 Å². The van der Waals surface area contributed by atoms with Crippen molar-refractivity contribution in [1.29, 1.82) is 0 Å². The SMILES string of the molecule is CC1=CC=C(C)N(c2ccccc2)C=C1.Cl.Cl.[Zr][C]1=CC=C2C=CC=C12. The number of hydrogen-bond donors (Lipinski definition) is 0. The third-order valence-electron chi connectivity index (χ3n) is 4.06. The topological polar surface area (TPSA) is 3.24 Å². The second-order valence-corrected chi connectivity index (χ2v) is 7.21. The average Bonchev–Trinajstić information content (AvgIpc) is 3.16. The average molecular weight is 463 g/mol. The zero-order chi connectivity index (χ0) is 16.9. The van der Waals surface area contributed by atoms with E-state index in [0.717, 1.165) is 0 Å². The molecule has 2 aliphatic carbocycles. The minimum atomic E-state index is 0. The monoisotopic (exact) mass is 460 g/mol. The number of fused-ring (bicyclic) bond motifs is 1. The van der Waals surface area contributed by atoms with E-state index in [0.29, 0.717) is 0 Å². The second kappa shape index (κ2) is 10.7. The third-order valence-corrected chi connectivity index (χ3v) is 5.13. The van der Waals surface area contributed by atoms with Crippen LogP contribution in [0.25, 0.3) is 0 Å². The van der Waals surface area contributed by atoms with Crippen LogP contribution in [-0.4, -0.2) is 0 Å². The van der Waals surface area contributed by atoms with E-state index in [4.69, 9.17) is 0 Å². The summed E-state index contributed by atoms with van der Waals surface area (Å²) in [7, 11) is 0. The van der Waals surface area contributed by atoms with Gasteiger partial charge in [0.15, 0.2) is 0 Å². The third kappa shape index (κ3) is 5.58. The molecule has 4 heteroatoms. The van der Waals surface area contributed by atoms with Crippen LogP contribution in [0.5, 0.6) is 0 Å². The van der Waals surface area contributed by atoms with Crippen molar-refractivity contribution in [3.05, 3.63) is 111 Å². The van der Waals surface area contributed by atoms with Crippen LogP contribution in [0.3, 0.4) is 0 Å². The van der Waals surface area contributed by atoms with Gasteiger partial charge in [-0.15, -0.1) is 24.8 Å². The molecule has 0 N–H and O–H groups in total. The van der Waals surface area contributed by atoms with Crippen molar-refractivity contribution in [2.75, 3.05) is 4.90 Å². The van der Waals surface area contributed by atoms with Gasteiger partial charge in [-0.25, -0.2) is 0 Å². The molecule has 0 amide bonds. The number of hydrogen-bond acceptors (Lipinski definition) is 1. The van der Waals surface area contributed by atoms with Gasteiger partial charge in [0.05, 0.1) is 0 Å². The van der Waals surface area contributed by atoms with Gasteiger partial charge >= 0.3 is 69.5 Å². The first-order valence-electron chi connectivity index (χ1n) is 8.05. The van der Waals surface area contributed by atoms with Crippen LogP contribution in [0.15, 0.2) is 111 Å². The molecule has 26 heavy (non-hydrogen) atoms. The van der Waals surface area contributed by atoms with Gasteiger partial charge in [0.1, 0.15) is 0 Å². The van der Waals surface area contributed by atoms with Gasteiger partial charge in [-0.2, -0.15) is 0 Å². The number of para-hydroxylation sites is 1. The van der Waals surface area contributed by atoms with Gasteiger partial charge < -0.3 is 4.90 Å². The van der Waals surface area contributed by atoms with E-state index in [9.17, 15) is 0 Å². The number of benzene rings is 1. The molecule has 0 fully saturated rings. The zero-order valence-corrected chi connectivity index (χ0v) is 18.9. The molecule has 0 unspecified atom stereocenters. The summed E-state index contributed by atoms with van der Waals surface area (Å²) in [6, 6.07) is 10.4. The molecule has 133 valence electrons. The van der Waals surface area contributed by atoms with Gasteiger partial charge in [-0.1, -0.05) is 24.3 Å². The summed E-state index contributed by atoms with van der Waals surface area (Å²) in [6.07, 6.45) is 19.3. The van der Waals surface area contributed by atoms with E-state index >= 15 is 0 Å². The van der Waals surface area contributed by atoms with Crippen LogP contribution in [-0.2, 0) is 24.7 Å². The summed E-state index contributed by atoms with van der Waals surface area (Å²) >= 11 is 1.51. The molecule has 0 aromatic heterocycles. The van der Waals surface area contributed by atoms with E-state index < -0.39 is 0 Å². The van der Waals surface area contributed by atoms with Gasteiger partial charge in [0, 0.05) is 17.6 Å². The van der Waals surface area contributed by atoms with Crippen LogP contribution in [0.1, 0.15) is 13.8 Å². The van der Waals surface area contributed by atoms with Crippen LogP contribution in [0.4, 0.5) is 5.69 Å². The molecular weight excluding hydrogens is 440 g/mol. The van der Waals surface area contributed by atoms with Gasteiger partial charge in [0.2, 0.25) is 0 Å². The maximum absolute atomic E-state index is 2.20. The van der Waals surface area contributed by atoms with Crippen molar-refractivity contribution in [2.45, 2.75) is 13.8 Å². The fourth-order valence-electron chi connectivity index (χ4n) is 2.66. The first-order valence-corrected chi connectivity index (χ1v) is 9.28. The zero-order valence-electron chi connectivity index (χ0n) is 14.8. The summed E-state index contributed by atoms with van der Waals surface area (Å²) in [5.74, 6) is 0. The van der Waals surface area contributed by atoms with Crippen molar-refractivity contribution >= 4 is 30.5 Å². The molecule has 0 atom stereocenters. The Morgan fingerprint density at radius 3 is 2.23 bits per heavy atom. The van der Waals surface area contributed by atoms with E-state index in [-0.39, 0.29) is 24.8 Å². The summed E-state index contributed by atoms with van der Waals surface area (Å²) in [6.45, 7) is 4.22. The Kier molecular flexibility index (Phi) is 9.37. The molecule has 1 aromatic carbocycles. The molecule has 1 heterocycles. The van der Waals surface area contributed by atoms with Crippen molar-refractivity contribution in [1.82, 2.24) is 0 Å². The number of anilines is 1. The second-order valence-electron chi connectivity index (χ2n) is 5.88. The van der Waals surface area contributed by atoms with E-state index in [1.807, 2.05) is 6.07 Å². The summed E-state index contributed by atoms with van der Waals surface area (Å²) in [4.78, 5) is 2.19. The molecule has 0 bridgehead atoms. The van der Waals surface area contributed by atoms with E-state index in [1.165, 1.54) is 56.1 Å². The van der Waals surface area contributed by atoms with Crippen molar-refractivity contribution in [3.8, 4) is 0 Å². The normalized spacial score (nSPS) is 16.3. The fraction of sp³-hybridized carbons (Fsp3) is 0.0909. The van der Waals surface area contributed by atoms with E-state index in [2.05, 4.69) is 97.8 Å². The molecule has 1 nitrogen and oxygen atoms in total. The van der Waals surface area contributed by atoms with Crippen molar-refractivity contribution < 1.29 is 24.7 Å². The Hall–Kier alpha value is -1.34. The standard InChI is InChI=1S/C14H15N.C8H5.2ClH.Zr/c1-12-8-9-13(2)15(11-10-12)14-6-4-3-5-7-14;1-3-7-5-2-6-8(7)4-1;;;/h3-11H,1-2H3;1-5H;2*1H;. The summed E-state index contributed by atoms with van der Waals surface area (Å²) in [5.41, 5.74) is 6.53. The Balaban J connectivity index is 0.000000266.